The molecule has 5 heteroatoms. The first kappa shape index (κ1) is 10.6. The maximum Gasteiger partial charge on any atom is 0.330 e. The van der Waals surface area contributed by atoms with E-state index in [1.54, 1.807) is 0 Å². The molecule has 0 saturated carbocycles. The molecule has 0 aromatic carbocycles. The molecule has 0 aromatic heterocycles. The summed E-state index contributed by atoms with van der Waals surface area (Å²) in [6, 6.07) is 1.09. The summed E-state index contributed by atoms with van der Waals surface area (Å²) in [5.74, 6) is -0.335. The van der Waals surface area contributed by atoms with Gasteiger partial charge in [-0.25, -0.2) is 4.79 Å². The van der Waals surface area contributed by atoms with Crippen LogP contribution in [0.5, 0.6) is 0 Å². The largest absolute Gasteiger partial charge is 0.468 e. The Balaban J connectivity index is 3.01. The maximum atomic E-state index is 10.5. The van der Waals surface area contributed by atoms with E-state index >= 15 is 0 Å². The van der Waals surface area contributed by atoms with Gasteiger partial charge in [-0.15, -0.1) is 0 Å². The van der Waals surface area contributed by atoms with Crippen molar-refractivity contribution in [3.8, 4) is 0 Å². The minimum atomic E-state index is -0.335. The van der Waals surface area contributed by atoms with Gasteiger partial charge < -0.3 is 8.85 Å². The van der Waals surface area contributed by atoms with Crippen molar-refractivity contribution in [1.29, 1.82) is 0 Å². The highest BCUT2D eigenvalue weighted by atomic mass is 28.3. The Labute approximate surface area is 72.3 Å². The molecule has 0 aromatic rings. The summed E-state index contributed by atoms with van der Waals surface area (Å²) in [6.07, 6.45) is 2.11. The van der Waals surface area contributed by atoms with Gasteiger partial charge >= 0.3 is 5.97 Å². The topological polar surface area (TPSA) is 35.5 Å². The fourth-order valence-electron chi connectivity index (χ4n) is 0.580. The van der Waals surface area contributed by atoms with Crippen molar-refractivity contribution in [1.82, 2.24) is 0 Å². The van der Waals surface area contributed by atoms with E-state index in [4.69, 9.17) is 8.85 Å². The molecule has 0 N–H and O–H groups in total. The first-order chi connectivity index (χ1) is 5.31. The van der Waals surface area contributed by atoms with Crippen LogP contribution in [0.25, 0.3) is 0 Å². The average molecular weight is 190 g/mol. The quantitative estimate of drug-likeness (QED) is 0.231. The van der Waals surface area contributed by atoms with Gasteiger partial charge in [0.2, 0.25) is 0 Å². The SMILES string of the molecule is C=CC(=O)OCCC[SiH2]O[SiH3]. The van der Waals surface area contributed by atoms with Gasteiger partial charge in [0.1, 0.15) is 20.2 Å². The molecule has 0 aliphatic rings. The molecule has 11 heavy (non-hydrogen) atoms. The minimum Gasteiger partial charge on any atom is -0.468 e. The second kappa shape index (κ2) is 7.71. The second-order valence-corrected chi connectivity index (χ2v) is 5.50. The smallest absolute Gasteiger partial charge is 0.330 e. The van der Waals surface area contributed by atoms with Crippen molar-refractivity contribution in [3.05, 3.63) is 12.7 Å². The van der Waals surface area contributed by atoms with Crippen LogP contribution in [-0.2, 0) is 13.6 Å². The molecule has 3 nitrogen and oxygen atoms in total. The van der Waals surface area contributed by atoms with Crippen molar-refractivity contribution in [2.24, 2.45) is 0 Å². The molecule has 0 amide bonds. The molecular formula is C6H14O3Si2. The van der Waals surface area contributed by atoms with Crippen LogP contribution in [0.15, 0.2) is 12.7 Å². The molecule has 0 unspecified atom stereocenters. The average Bonchev–Trinajstić information content (AvgIpc) is 2.04. The first-order valence-corrected chi connectivity index (χ1v) is 5.98. The van der Waals surface area contributed by atoms with Gasteiger partial charge in [0.25, 0.3) is 0 Å². The fraction of sp³-hybridized carbons (Fsp3) is 0.500. The molecule has 0 rings (SSSR count). The van der Waals surface area contributed by atoms with E-state index < -0.39 is 0 Å². The summed E-state index contributed by atoms with van der Waals surface area (Å²) in [5, 5.41) is 0. The molecule has 0 bridgehead atoms. The van der Waals surface area contributed by atoms with E-state index in [-0.39, 0.29) is 15.7 Å². The summed E-state index contributed by atoms with van der Waals surface area (Å²) >= 11 is 0. The van der Waals surface area contributed by atoms with Crippen LogP contribution < -0.4 is 0 Å². The lowest BCUT2D eigenvalue weighted by atomic mass is 10.5. The Hall–Kier alpha value is -0.396. The molecule has 0 spiro atoms. The number of carbonyl (C=O) groups excluding carboxylic acids is 1. The van der Waals surface area contributed by atoms with Crippen LogP contribution in [0.4, 0.5) is 0 Å². The number of esters is 1. The van der Waals surface area contributed by atoms with Crippen molar-refractivity contribution in [2.75, 3.05) is 6.61 Å². The molecule has 0 aliphatic carbocycles. The van der Waals surface area contributed by atoms with Crippen molar-refractivity contribution >= 4 is 26.2 Å². The standard InChI is InChI=1S/C6H14O3Si2/c1-2-6(7)8-4-3-5-11-9-10/h2H,1,3-5,11H2,10H3. The monoisotopic (exact) mass is 190 g/mol. The molecule has 0 heterocycles. The number of hydrogen-bond acceptors (Lipinski definition) is 3. The third-order valence-corrected chi connectivity index (χ3v) is 3.58. The third-order valence-electron chi connectivity index (χ3n) is 1.15. The van der Waals surface area contributed by atoms with Crippen LogP contribution in [0.3, 0.4) is 0 Å². The molecule has 0 saturated heterocycles. The Morgan fingerprint density at radius 1 is 1.73 bits per heavy atom. The van der Waals surface area contributed by atoms with Crippen molar-refractivity contribution in [2.45, 2.75) is 12.5 Å². The summed E-state index contributed by atoms with van der Waals surface area (Å²) in [7, 11) is 0.558. The van der Waals surface area contributed by atoms with Crippen LogP contribution in [0.2, 0.25) is 6.04 Å². The highest BCUT2D eigenvalue weighted by Crippen LogP contribution is 1.90. The number of rotatable bonds is 6. The van der Waals surface area contributed by atoms with Gasteiger partial charge in [-0.3, -0.25) is 0 Å². The zero-order chi connectivity index (χ0) is 8.53. The van der Waals surface area contributed by atoms with E-state index in [9.17, 15) is 4.79 Å². The lowest BCUT2D eigenvalue weighted by Gasteiger charge is -2.00. The van der Waals surface area contributed by atoms with E-state index in [0.717, 1.165) is 23.0 Å². The minimum absolute atomic E-state index is 0.285. The molecule has 0 radical (unpaired) electrons. The molecule has 0 atom stereocenters. The Kier molecular flexibility index (Phi) is 7.43. The predicted octanol–water partition coefficient (Wildman–Crippen LogP) is -1.10. The van der Waals surface area contributed by atoms with Gasteiger partial charge in [0, 0.05) is 6.08 Å². The Morgan fingerprint density at radius 3 is 3.00 bits per heavy atom. The van der Waals surface area contributed by atoms with E-state index in [2.05, 4.69) is 6.58 Å². The van der Waals surface area contributed by atoms with E-state index in [1.165, 1.54) is 6.08 Å². The van der Waals surface area contributed by atoms with Gasteiger partial charge in [-0.05, 0) is 12.5 Å². The van der Waals surface area contributed by atoms with Crippen molar-refractivity contribution < 1.29 is 13.6 Å². The number of hydrogen-bond donors (Lipinski definition) is 0. The fourth-order valence-corrected chi connectivity index (χ4v) is 2.14. The number of carbonyl (C=O) groups is 1. The maximum absolute atomic E-state index is 10.5. The van der Waals surface area contributed by atoms with Crippen LogP contribution in [-0.4, -0.2) is 32.8 Å². The Bertz CT molecular complexity index is 127. The van der Waals surface area contributed by atoms with E-state index in [1.807, 2.05) is 0 Å². The summed E-state index contributed by atoms with van der Waals surface area (Å²) in [6.45, 7) is 3.79. The highest BCUT2D eigenvalue weighted by molar-refractivity contribution is 6.34. The van der Waals surface area contributed by atoms with E-state index in [0.29, 0.717) is 6.61 Å². The zero-order valence-electron chi connectivity index (χ0n) is 6.84. The Morgan fingerprint density at radius 2 is 2.45 bits per heavy atom. The van der Waals surface area contributed by atoms with Gasteiger partial charge in [-0.1, -0.05) is 6.58 Å². The van der Waals surface area contributed by atoms with Crippen LogP contribution in [0, 0.1) is 0 Å². The zero-order valence-corrected chi connectivity index (χ0v) is 10.3. The lowest BCUT2D eigenvalue weighted by molar-refractivity contribution is -0.137. The summed E-state index contributed by atoms with van der Waals surface area (Å²) in [4.78, 5) is 10.5. The van der Waals surface area contributed by atoms with Crippen LogP contribution >= 0.6 is 0 Å². The second-order valence-electron chi connectivity index (χ2n) is 2.07. The lowest BCUT2D eigenvalue weighted by Crippen LogP contribution is -2.03. The van der Waals surface area contributed by atoms with Crippen LogP contribution in [0.1, 0.15) is 6.42 Å². The summed E-state index contributed by atoms with van der Waals surface area (Å²) < 4.78 is 9.85. The van der Waals surface area contributed by atoms with Gasteiger partial charge in [0.15, 0.2) is 0 Å². The van der Waals surface area contributed by atoms with Crippen molar-refractivity contribution in [3.63, 3.8) is 0 Å². The first-order valence-electron chi connectivity index (χ1n) is 3.59. The highest BCUT2D eigenvalue weighted by Gasteiger charge is 1.93. The predicted molar refractivity (Wildman–Crippen MR) is 50.1 cm³/mol. The molecule has 0 fully saturated rings. The molecule has 64 valence electrons. The molecule has 0 aliphatic heterocycles. The number of ether oxygens (including phenoxy) is 1. The molecular weight excluding hydrogens is 176 g/mol. The summed E-state index contributed by atoms with van der Waals surface area (Å²) in [5.41, 5.74) is 0. The third kappa shape index (κ3) is 7.50. The normalized spacial score (nSPS) is 10.5. The van der Waals surface area contributed by atoms with Gasteiger partial charge in [-0.2, -0.15) is 0 Å². The van der Waals surface area contributed by atoms with Gasteiger partial charge in [0.05, 0.1) is 6.61 Å².